The molecule has 0 radical (unpaired) electrons. The van der Waals surface area contributed by atoms with Gasteiger partial charge in [-0.05, 0) is 62.3 Å². The van der Waals surface area contributed by atoms with Crippen LogP contribution in [0.4, 0.5) is 4.39 Å². The number of ether oxygens (including phenoxy) is 1. The zero-order chi connectivity index (χ0) is 44.7. The number of esters is 1. The van der Waals surface area contributed by atoms with E-state index in [9.17, 15) is 48.5 Å². The number of aliphatic hydroxyl groups is 2. The van der Waals surface area contributed by atoms with E-state index in [-0.39, 0.29) is 50.0 Å². The molecule has 4 amide bonds. The molecule has 0 spiro atoms. The highest BCUT2D eigenvalue weighted by atomic mass is 19.1. The van der Waals surface area contributed by atoms with Crippen molar-refractivity contribution in [3.63, 3.8) is 0 Å². The van der Waals surface area contributed by atoms with Crippen LogP contribution in [0.15, 0.2) is 66.3 Å². The number of cyclic esters (lactones) is 1. The number of hydroxylamine groups is 2. The minimum Gasteiger partial charge on any atom is -0.508 e. The van der Waals surface area contributed by atoms with Gasteiger partial charge in [-0.15, -0.1) is 0 Å². The predicted molar refractivity (Wildman–Crippen MR) is 218 cm³/mol. The zero-order valence-corrected chi connectivity index (χ0v) is 35.3. The Morgan fingerprint density at radius 1 is 1.08 bits per heavy atom. The molecule has 2 heterocycles. The lowest BCUT2D eigenvalue weighted by atomic mass is 9.84. The number of amides is 4. The molecule has 16 nitrogen and oxygen atoms in total. The Labute approximate surface area is 350 Å². The molecule has 0 saturated carbocycles. The standard InChI is InChI=1S/C43H60FN5O11/c1-25(2)38-41(56)45-34(23-29-21-30(44)24-31(51)22-29)42(57)49-20-12-14-33(47-49)43(58)60-36(26(3)13-11-17-37(53)48(6)59-7)16-10-8-9-15-35(52)28(5)39(54)32(40(55)46-38)19-18-27(4)50/h8-11,13,15,17,21-22,24-25,28,32-36,38-39,47,51-52,54H,12,14,16,18-20,23H2,1-7H3,(H,45,56)(H,46,55)/b10-8+,15-9+,17-11+,26-13+/t28-,32+,33-,34-,35-,36-,38-,39+/m0/s1. The van der Waals surface area contributed by atoms with E-state index in [1.54, 1.807) is 39.0 Å². The van der Waals surface area contributed by atoms with Gasteiger partial charge in [-0.3, -0.25) is 33.8 Å². The lowest BCUT2D eigenvalue weighted by Gasteiger charge is -2.36. The van der Waals surface area contributed by atoms with Crippen LogP contribution in [0.2, 0.25) is 0 Å². The summed E-state index contributed by atoms with van der Waals surface area (Å²) in [6.45, 7) is 8.02. The molecule has 330 valence electrons. The maximum absolute atomic E-state index is 14.4. The Bertz CT molecular complexity index is 1790. The van der Waals surface area contributed by atoms with Crippen LogP contribution in [0.1, 0.15) is 72.3 Å². The first-order valence-electron chi connectivity index (χ1n) is 20.1. The van der Waals surface area contributed by atoms with E-state index in [0.717, 1.165) is 17.2 Å². The number of phenols is 1. The van der Waals surface area contributed by atoms with Crippen molar-refractivity contribution in [1.82, 2.24) is 26.1 Å². The summed E-state index contributed by atoms with van der Waals surface area (Å²) >= 11 is 0. The van der Waals surface area contributed by atoms with Crippen molar-refractivity contribution < 1.29 is 58.1 Å². The van der Waals surface area contributed by atoms with Gasteiger partial charge in [0.1, 0.15) is 41.6 Å². The average molecular weight is 842 g/mol. The third-order valence-corrected chi connectivity index (χ3v) is 10.5. The molecule has 6 N–H and O–H groups in total. The number of aromatic hydroxyl groups is 1. The molecular formula is C43H60FN5O11. The van der Waals surface area contributed by atoms with Crippen molar-refractivity contribution in [2.75, 3.05) is 20.7 Å². The molecule has 60 heavy (non-hydrogen) atoms. The van der Waals surface area contributed by atoms with E-state index in [1.807, 2.05) is 0 Å². The SMILES string of the molecule is CON(C)C(=O)/C=C/C=C(\C)[C@@H]1C/C=C/C=C/[C@H](O)[C@H](C)[C@@H](O)[C@@H](CCC(C)=O)C(=O)N[C@@H](C(C)C)C(=O)N[C@@H](Cc2cc(O)cc(F)c2)C(=O)N2CCC[C@H](N2)C(=O)O1. The smallest absolute Gasteiger partial charge is 0.325 e. The fraction of sp³-hybridized carbons (Fsp3) is 0.535. The minimum atomic E-state index is -1.46. The highest BCUT2D eigenvalue weighted by molar-refractivity contribution is 5.93. The van der Waals surface area contributed by atoms with Gasteiger partial charge in [-0.25, -0.2) is 14.9 Å². The van der Waals surface area contributed by atoms with Crippen LogP contribution >= 0.6 is 0 Å². The lowest BCUT2D eigenvalue weighted by Crippen LogP contribution is -2.62. The second-order valence-electron chi connectivity index (χ2n) is 15.6. The fourth-order valence-corrected chi connectivity index (χ4v) is 6.70. The number of hydrazine groups is 1. The summed E-state index contributed by atoms with van der Waals surface area (Å²) in [5.41, 5.74) is 3.65. The molecule has 0 aliphatic carbocycles. The van der Waals surface area contributed by atoms with Crippen molar-refractivity contribution in [3.05, 3.63) is 77.7 Å². The maximum Gasteiger partial charge on any atom is 0.325 e. The number of likely N-dealkylation sites (N-methyl/N-ethyl adjacent to an activating group) is 1. The predicted octanol–water partition coefficient (Wildman–Crippen LogP) is 2.49. The van der Waals surface area contributed by atoms with Gasteiger partial charge in [-0.1, -0.05) is 57.2 Å². The zero-order valence-electron chi connectivity index (χ0n) is 35.3. The molecule has 1 fully saturated rings. The number of Topliss-reactive ketones (excluding diaryl/α,β-unsaturated/α-hetero) is 1. The lowest BCUT2D eigenvalue weighted by molar-refractivity contribution is -0.162. The number of hydrogen-bond acceptors (Lipinski definition) is 12. The summed E-state index contributed by atoms with van der Waals surface area (Å²) in [5.74, 6) is -7.48. The number of halogens is 1. The minimum absolute atomic E-state index is 0.0636. The molecule has 3 rings (SSSR count). The molecule has 1 aromatic carbocycles. The summed E-state index contributed by atoms with van der Waals surface area (Å²) in [4.78, 5) is 85.1. The first kappa shape index (κ1) is 49.1. The number of nitrogens with zero attached hydrogens (tertiary/aromatic N) is 2. The van der Waals surface area contributed by atoms with Crippen LogP contribution in [0.3, 0.4) is 0 Å². The number of carbonyl (C=O) groups is 6. The van der Waals surface area contributed by atoms with E-state index in [2.05, 4.69) is 16.1 Å². The van der Waals surface area contributed by atoms with Crippen LogP contribution in [0.25, 0.3) is 0 Å². The van der Waals surface area contributed by atoms with E-state index in [0.29, 0.717) is 12.0 Å². The normalized spacial score (nSPS) is 27.9. The number of benzene rings is 1. The molecule has 2 aliphatic rings. The van der Waals surface area contributed by atoms with Gasteiger partial charge >= 0.3 is 5.97 Å². The van der Waals surface area contributed by atoms with Crippen LogP contribution < -0.4 is 16.1 Å². The molecule has 2 aliphatic heterocycles. The van der Waals surface area contributed by atoms with E-state index in [4.69, 9.17) is 9.57 Å². The molecule has 1 aromatic rings. The maximum atomic E-state index is 14.4. The van der Waals surface area contributed by atoms with Gasteiger partial charge in [0.05, 0.1) is 25.2 Å². The molecular weight excluding hydrogens is 781 g/mol. The molecule has 1 saturated heterocycles. The largest absolute Gasteiger partial charge is 0.508 e. The number of fused-ring (bicyclic) bond motifs is 2. The number of phenolic OH excluding ortho intramolecular Hbond substituents is 1. The monoisotopic (exact) mass is 841 g/mol. The van der Waals surface area contributed by atoms with E-state index >= 15 is 0 Å². The van der Waals surface area contributed by atoms with Crippen molar-refractivity contribution in [3.8, 4) is 5.75 Å². The molecule has 0 unspecified atom stereocenters. The van der Waals surface area contributed by atoms with Crippen LogP contribution in [-0.2, 0) is 44.8 Å². The summed E-state index contributed by atoms with van der Waals surface area (Å²) < 4.78 is 20.4. The number of ketones is 1. The summed E-state index contributed by atoms with van der Waals surface area (Å²) in [6, 6.07) is -0.427. The molecule has 0 aromatic heterocycles. The Kier molecular flexibility index (Phi) is 19.3. The number of hydrogen-bond donors (Lipinski definition) is 6. The third kappa shape index (κ3) is 14.8. The second-order valence-corrected chi connectivity index (χ2v) is 15.6. The first-order chi connectivity index (χ1) is 28.3. The molecule has 17 heteroatoms. The van der Waals surface area contributed by atoms with E-state index < -0.39 is 95.4 Å². The quantitative estimate of drug-likeness (QED) is 0.0866. The van der Waals surface area contributed by atoms with Crippen molar-refractivity contribution in [2.45, 2.75) is 110 Å². The van der Waals surface area contributed by atoms with Gasteiger partial charge in [-0.2, -0.15) is 0 Å². The highest BCUT2D eigenvalue weighted by Crippen LogP contribution is 2.24. The van der Waals surface area contributed by atoms with Crippen LogP contribution in [0, 0.1) is 23.6 Å². The van der Waals surface area contributed by atoms with Crippen LogP contribution in [0.5, 0.6) is 5.75 Å². The van der Waals surface area contributed by atoms with Crippen molar-refractivity contribution >= 4 is 35.4 Å². The van der Waals surface area contributed by atoms with E-state index in [1.165, 1.54) is 63.4 Å². The molecule has 8 atom stereocenters. The topological polar surface area (TPSA) is 224 Å². The van der Waals surface area contributed by atoms with Gasteiger partial charge in [0.2, 0.25) is 11.8 Å². The Morgan fingerprint density at radius 3 is 2.45 bits per heavy atom. The van der Waals surface area contributed by atoms with Crippen molar-refractivity contribution in [2.24, 2.45) is 17.8 Å². The van der Waals surface area contributed by atoms with Gasteiger partial charge in [0.15, 0.2) is 0 Å². The number of allylic oxidation sites excluding steroid dienone is 4. The van der Waals surface area contributed by atoms with Gasteiger partial charge < -0.3 is 35.5 Å². The fourth-order valence-electron chi connectivity index (χ4n) is 6.70. The Hall–Kier alpha value is -5.23. The number of aliphatic hydroxyl groups excluding tert-OH is 2. The second kappa shape index (κ2) is 23.5. The first-order valence-corrected chi connectivity index (χ1v) is 20.1. The summed E-state index contributed by atoms with van der Waals surface area (Å²) in [7, 11) is 2.79. The molecule has 2 bridgehead atoms. The summed E-state index contributed by atoms with van der Waals surface area (Å²) in [5, 5.41) is 40.2. The number of carbonyl (C=O) groups excluding carboxylic acids is 6. The number of nitrogens with one attached hydrogen (secondary N) is 3. The Balaban J connectivity index is 2.09. The van der Waals surface area contributed by atoms with Crippen molar-refractivity contribution in [1.29, 1.82) is 0 Å². The number of rotatable bonds is 10. The third-order valence-electron chi connectivity index (χ3n) is 10.5. The van der Waals surface area contributed by atoms with Gasteiger partial charge in [0, 0.05) is 50.9 Å². The average Bonchev–Trinajstić information content (AvgIpc) is 3.19. The Morgan fingerprint density at radius 2 is 1.80 bits per heavy atom. The summed E-state index contributed by atoms with van der Waals surface area (Å²) in [6.07, 6.45) is 7.41. The van der Waals surface area contributed by atoms with Gasteiger partial charge in [0.25, 0.3) is 11.8 Å². The highest BCUT2D eigenvalue weighted by Gasteiger charge is 2.38. The van der Waals surface area contributed by atoms with Crippen LogP contribution in [-0.4, -0.2) is 118 Å².